The monoisotopic (exact) mass is 412 g/mol. The van der Waals surface area contributed by atoms with Gasteiger partial charge in [0.1, 0.15) is 0 Å². The number of aliphatic imine (C=N–C) groups is 1. The molecule has 0 aliphatic carbocycles. The molecule has 30 heavy (non-hydrogen) atoms. The number of benzene rings is 1. The van der Waals surface area contributed by atoms with E-state index < -0.39 is 0 Å². The Morgan fingerprint density at radius 1 is 1.20 bits per heavy atom. The molecule has 0 saturated carbocycles. The summed E-state index contributed by atoms with van der Waals surface area (Å²) < 4.78 is 10.9. The maximum atomic E-state index is 5.50. The first-order valence-corrected chi connectivity index (χ1v) is 10.9. The molecule has 0 spiro atoms. The van der Waals surface area contributed by atoms with Crippen molar-refractivity contribution < 1.29 is 9.47 Å². The van der Waals surface area contributed by atoms with Crippen LogP contribution in [-0.4, -0.2) is 72.0 Å². The molecule has 2 aliphatic rings. The highest BCUT2D eigenvalue weighted by Crippen LogP contribution is 2.32. The topological polar surface area (TPSA) is 78.0 Å². The molecule has 1 aromatic heterocycles. The summed E-state index contributed by atoms with van der Waals surface area (Å²) >= 11 is 0. The fourth-order valence-electron chi connectivity index (χ4n) is 3.92. The Labute approximate surface area is 178 Å². The summed E-state index contributed by atoms with van der Waals surface area (Å²) in [5, 5.41) is 10.6. The van der Waals surface area contributed by atoms with Crippen LogP contribution in [0.1, 0.15) is 30.2 Å². The molecule has 0 bridgehead atoms. The second-order valence-corrected chi connectivity index (χ2v) is 7.81. The van der Waals surface area contributed by atoms with Gasteiger partial charge in [-0.05, 0) is 49.9 Å². The lowest BCUT2D eigenvalue weighted by Crippen LogP contribution is -2.52. The van der Waals surface area contributed by atoms with E-state index >= 15 is 0 Å². The van der Waals surface area contributed by atoms with Crippen LogP contribution in [0.25, 0.3) is 0 Å². The zero-order chi connectivity index (χ0) is 20.8. The Morgan fingerprint density at radius 2 is 2.03 bits per heavy atom. The van der Waals surface area contributed by atoms with Crippen molar-refractivity contribution in [2.75, 3.05) is 46.1 Å². The van der Waals surface area contributed by atoms with E-state index in [0.717, 1.165) is 81.8 Å². The number of guanidine groups is 1. The minimum Gasteiger partial charge on any atom is -0.454 e. The zero-order valence-corrected chi connectivity index (χ0v) is 18.0. The van der Waals surface area contributed by atoms with Gasteiger partial charge < -0.3 is 19.7 Å². The summed E-state index contributed by atoms with van der Waals surface area (Å²) in [5.41, 5.74) is 3.71. The number of nitrogens with one attached hydrogen (secondary N) is 2. The molecule has 0 atom stereocenters. The van der Waals surface area contributed by atoms with E-state index in [-0.39, 0.29) is 0 Å². The van der Waals surface area contributed by atoms with E-state index in [1.54, 1.807) is 0 Å². The highest BCUT2D eigenvalue weighted by molar-refractivity contribution is 5.80. The van der Waals surface area contributed by atoms with Crippen LogP contribution in [0.15, 0.2) is 29.4 Å². The number of rotatable bonds is 7. The van der Waals surface area contributed by atoms with Crippen molar-refractivity contribution in [2.45, 2.75) is 33.2 Å². The molecule has 0 unspecified atom stereocenters. The minimum absolute atomic E-state index is 0.325. The third kappa shape index (κ3) is 5.05. The fourth-order valence-corrected chi connectivity index (χ4v) is 3.92. The SMILES string of the molecule is CCNC(=NCCCc1cn[nH]c1C)N1CCN(Cc2ccc3c(c2)OCO3)CC1. The molecule has 0 amide bonds. The highest BCUT2D eigenvalue weighted by Gasteiger charge is 2.20. The van der Waals surface area contributed by atoms with Gasteiger partial charge in [0.25, 0.3) is 0 Å². The number of hydrogen-bond acceptors (Lipinski definition) is 5. The number of aryl methyl sites for hydroxylation is 2. The number of H-pyrrole nitrogens is 1. The number of aromatic amines is 1. The van der Waals surface area contributed by atoms with Crippen molar-refractivity contribution in [1.82, 2.24) is 25.3 Å². The molecule has 2 N–H and O–H groups in total. The zero-order valence-electron chi connectivity index (χ0n) is 18.0. The number of nitrogens with zero attached hydrogens (tertiary/aromatic N) is 4. The first kappa shape index (κ1) is 20.5. The van der Waals surface area contributed by atoms with Crippen molar-refractivity contribution in [1.29, 1.82) is 0 Å². The van der Waals surface area contributed by atoms with Crippen LogP contribution < -0.4 is 14.8 Å². The van der Waals surface area contributed by atoms with Crippen LogP contribution >= 0.6 is 0 Å². The Kier molecular flexibility index (Phi) is 6.74. The van der Waals surface area contributed by atoms with Crippen LogP contribution in [0, 0.1) is 6.92 Å². The molecule has 162 valence electrons. The van der Waals surface area contributed by atoms with Crippen LogP contribution in [0.4, 0.5) is 0 Å². The molecule has 4 rings (SSSR count). The molecule has 1 saturated heterocycles. The van der Waals surface area contributed by atoms with Gasteiger partial charge in [-0.15, -0.1) is 0 Å². The van der Waals surface area contributed by atoms with Crippen molar-refractivity contribution in [3.05, 3.63) is 41.2 Å². The average Bonchev–Trinajstić information content (AvgIpc) is 3.39. The highest BCUT2D eigenvalue weighted by atomic mass is 16.7. The summed E-state index contributed by atoms with van der Waals surface area (Å²) in [6.45, 7) is 11.2. The quantitative estimate of drug-likeness (QED) is 0.412. The molecule has 0 radical (unpaired) electrons. The third-order valence-corrected chi connectivity index (χ3v) is 5.65. The van der Waals surface area contributed by atoms with Gasteiger partial charge in [0.2, 0.25) is 6.79 Å². The van der Waals surface area contributed by atoms with E-state index in [2.05, 4.69) is 51.3 Å². The smallest absolute Gasteiger partial charge is 0.231 e. The predicted molar refractivity (Wildman–Crippen MR) is 117 cm³/mol. The summed E-state index contributed by atoms with van der Waals surface area (Å²) in [6.07, 6.45) is 3.96. The normalized spacial score (nSPS) is 16.9. The van der Waals surface area contributed by atoms with Gasteiger partial charge in [0.15, 0.2) is 17.5 Å². The first-order chi connectivity index (χ1) is 14.7. The lowest BCUT2D eigenvalue weighted by molar-refractivity contribution is 0.171. The van der Waals surface area contributed by atoms with Crippen LogP contribution in [0.2, 0.25) is 0 Å². The summed E-state index contributed by atoms with van der Waals surface area (Å²) in [4.78, 5) is 9.73. The molecule has 1 aromatic carbocycles. The summed E-state index contributed by atoms with van der Waals surface area (Å²) in [6, 6.07) is 6.24. The van der Waals surface area contributed by atoms with E-state index in [1.165, 1.54) is 11.1 Å². The minimum atomic E-state index is 0.325. The molecule has 8 nitrogen and oxygen atoms in total. The lowest BCUT2D eigenvalue weighted by atomic mass is 10.1. The molecular formula is C22H32N6O2. The second kappa shape index (κ2) is 9.84. The van der Waals surface area contributed by atoms with Crippen LogP contribution in [0.3, 0.4) is 0 Å². The molecule has 2 aliphatic heterocycles. The Hall–Kier alpha value is -2.74. The molecule has 1 fully saturated rings. The Bertz CT molecular complexity index is 857. The van der Waals surface area contributed by atoms with Crippen molar-refractivity contribution >= 4 is 5.96 Å². The molecule has 8 heteroatoms. The van der Waals surface area contributed by atoms with Gasteiger partial charge in [-0.1, -0.05) is 6.07 Å². The maximum Gasteiger partial charge on any atom is 0.231 e. The van der Waals surface area contributed by atoms with E-state index in [1.807, 2.05) is 12.3 Å². The summed E-state index contributed by atoms with van der Waals surface area (Å²) in [7, 11) is 0. The van der Waals surface area contributed by atoms with Gasteiger partial charge >= 0.3 is 0 Å². The first-order valence-electron chi connectivity index (χ1n) is 10.9. The number of ether oxygens (including phenoxy) is 2. The molecule has 3 heterocycles. The van der Waals surface area contributed by atoms with E-state index in [9.17, 15) is 0 Å². The van der Waals surface area contributed by atoms with Crippen LogP contribution in [0.5, 0.6) is 11.5 Å². The van der Waals surface area contributed by atoms with Gasteiger partial charge in [-0.2, -0.15) is 5.10 Å². The van der Waals surface area contributed by atoms with Gasteiger partial charge in [-0.25, -0.2) is 0 Å². The Balaban J connectivity index is 1.25. The van der Waals surface area contributed by atoms with E-state index in [4.69, 9.17) is 14.5 Å². The fraction of sp³-hybridized carbons (Fsp3) is 0.545. The molecular weight excluding hydrogens is 380 g/mol. The van der Waals surface area contributed by atoms with Gasteiger partial charge in [0, 0.05) is 51.5 Å². The largest absolute Gasteiger partial charge is 0.454 e. The standard InChI is InChI=1S/C22H32N6O2/c1-3-23-22(24-8-4-5-19-14-25-26-17(19)2)28-11-9-27(10-12-28)15-18-6-7-20-21(13-18)30-16-29-20/h6-7,13-14H,3-5,8-12,15-16H2,1-2H3,(H,23,24)(H,25,26). The van der Waals surface area contributed by atoms with Gasteiger partial charge in [0.05, 0.1) is 6.20 Å². The average molecular weight is 413 g/mol. The van der Waals surface area contributed by atoms with Gasteiger partial charge in [-0.3, -0.25) is 15.0 Å². The van der Waals surface area contributed by atoms with Crippen LogP contribution in [-0.2, 0) is 13.0 Å². The second-order valence-electron chi connectivity index (χ2n) is 7.81. The number of piperazine rings is 1. The van der Waals surface area contributed by atoms with Crippen molar-refractivity contribution in [3.8, 4) is 11.5 Å². The molecule has 2 aromatic rings. The number of fused-ring (bicyclic) bond motifs is 1. The summed E-state index contributed by atoms with van der Waals surface area (Å²) in [5.74, 6) is 2.74. The van der Waals surface area contributed by atoms with Crippen molar-refractivity contribution in [3.63, 3.8) is 0 Å². The third-order valence-electron chi connectivity index (χ3n) is 5.65. The number of aromatic nitrogens is 2. The van der Waals surface area contributed by atoms with Crippen molar-refractivity contribution in [2.24, 2.45) is 4.99 Å². The Morgan fingerprint density at radius 3 is 2.80 bits per heavy atom. The predicted octanol–water partition coefficient (Wildman–Crippen LogP) is 2.16. The van der Waals surface area contributed by atoms with E-state index in [0.29, 0.717) is 6.79 Å². The maximum absolute atomic E-state index is 5.50. The lowest BCUT2D eigenvalue weighted by Gasteiger charge is -2.36. The number of hydrogen-bond donors (Lipinski definition) is 2.